The molecule has 0 heterocycles. The van der Waals surface area contributed by atoms with Crippen LogP contribution in [0.2, 0.25) is 0 Å². The van der Waals surface area contributed by atoms with Gasteiger partial charge in [0.25, 0.3) is 5.91 Å². The van der Waals surface area contributed by atoms with Gasteiger partial charge in [-0.15, -0.1) is 0 Å². The van der Waals surface area contributed by atoms with Gasteiger partial charge in [-0.25, -0.2) is 4.79 Å². The molecule has 0 bridgehead atoms. The number of esters is 1. The lowest BCUT2D eigenvalue weighted by Crippen LogP contribution is -2.21. The molecule has 1 N–H and O–H groups in total. The second kappa shape index (κ2) is 7.48. The van der Waals surface area contributed by atoms with Crippen molar-refractivity contribution in [2.24, 2.45) is 0 Å². The van der Waals surface area contributed by atoms with E-state index in [0.717, 1.165) is 24.3 Å². The molecular formula is C16H11BrF3NO3. The highest BCUT2D eigenvalue weighted by molar-refractivity contribution is 9.10. The van der Waals surface area contributed by atoms with E-state index in [1.54, 1.807) is 12.1 Å². The summed E-state index contributed by atoms with van der Waals surface area (Å²) in [5.41, 5.74) is -0.375. The van der Waals surface area contributed by atoms with E-state index in [4.69, 9.17) is 4.74 Å². The summed E-state index contributed by atoms with van der Waals surface area (Å²) in [6.07, 6.45) is -4.44. The molecule has 0 saturated heterocycles. The van der Waals surface area contributed by atoms with Gasteiger partial charge < -0.3 is 10.1 Å². The zero-order chi connectivity index (χ0) is 17.7. The van der Waals surface area contributed by atoms with Crippen molar-refractivity contribution < 1.29 is 27.5 Å². The molecule has 2 rings (SSSR count). The van der Waals surface area contributed by atoms with Gasteiger partial charge in [0.1, 0.15) is 0 Å². The topological polar surface area (TPSA) is 55.4 Å². The van der Waals surface area contributed by atoms with E-state index >= 15 is 0 Å². The van der Waals surface area contributed by atoms with Gasteiger partial charge in [-0.05, 0) is 42.5 Å². The summed E-state index contributed by atoms with van der Waals surface area (Å²) in [5.74, 6) is -1.34. The molecule has 0 spiro atoms. The molecule has 8 heteroatoms. The third kappa shape index (κ3) is 5.09. The molecule has 0 aliphatic heterocycles. The van der Waals surface area contributed by atoms with E-state index in [1.807, 2.05) is 0 Å². The van der Waals surface area contributed by atoms with E-state index in [2.05, 4.69) is 21.2 Å². The Morgan fingerprint density at radius 3 is 2.33 bits per heavy atom. The van der Waals surface area contributed by atoms with E-state index in [1.165, 1.54) is 12.1 Å². The Labute approximate surface area is 143 Å². The first-order chi connectivity index (χ1) is 11.3. The van der Waals surface area contributed by atoms with Crippen LogP contribution in [0.15, 0.2) is 53.0 Å². The number of hydrogen-bond acceptors (Lipinski definition) is 3. The number of hydrogen-bond donors (Lipinski definition) is 1. The SMILES string of the molecule is O=C(COC(=O)c1cccc(Br)c1)Nc1ccc(C(F)(F)F)cc1. The fraction of sp³-hybridized carbons (Fsp3) is 0.125. The van der Waals surface area contributed by atoms with E-state index < -0.39 is 30.2 Å². The molecule has 2 aromatic rings. The smallest absolute Gasteiger partial charge is 0.416 e. The standard InChI is InChI=1S/C16H11BrF3NO3/c17-12-3-1-2-10(8-12)15(23)24-9-14(22)21-13-6-4-11(5-7-13)16(18,19)20/h1-8H,9H2,(H,21,22). The normalized spacial score (nSPS) is 11.0. The first kappa shape index (κ1) is 18.0. The van der Waals surface area contributed by atoms with Crippen molar-refractivity contribution in [2.45, 2.75) is 6.18 Å². The monoisotopic (exact) mass is 401 g/mol. The summed E-state index contributed by atoms with van der Waals surface area (Å²) >= 11 is 3.21. The minimum atomic E-state index is -4.44. The van der Waals surface area contributed by atoms with E-state index in [9.17, 15) is 22.8 Å². The summed E-state index contributed by atoms with van der Waals surface area (Å²) in [7, 11) is 0. The van der Waals surface area contributed by atoms with Gasteiger partial charge in [0.05, 0.1) is 11.1 Å². The summed E-state index contributed by atoms with van der Waals surface area (Å²) in [4.78, 5) is 23.4. The second-order valence-corrected chi connectivity index (χ2v) is 5.63. The van der Waals surface area contributed by atoms with Crippen molar-refractivity contribution in [3.05, 3.63) is 64.1 Å². The highest BCUT2D eigenvalue weighted by Gasteiger charge is 2.29. The molecule has 0 aromatic heterocycles. The van der Waals surface area contributed by atoms with E-state index in [-0.39, 0.29) is 11.3 Å². The zero-order valence-corrected chi connectivity index (χ0v) is 13.6. The van der Waals surface area contributed by atoms with Crippen LogP contribution >= 0.6 is 15.9 Å². The quantitative estimate of drug-likeness (QED) is 0.778. The van der Waals surface area contributed by atoms with Crippen molar-refractivity contribution in [1.29, 1.82) is 0 Å². The van der Waals surface area contributed by atoms with Crippen LogP contribution in [0.3, 0.4) is 0 Å². The lowest BCUT2D eigenvalue weighted by atomic mass is 10.2. The number of carbonyl (C=O) groups is 2. The highest BCUT2D eigenvalue weighted by atomic mass is 79.9. The van der Waals surface area contributed by atoms with Crippen LogP contribution in [0.1, 0.15) is 15.9 Å². The Morgan fingerprint density at radius 2 is 1.75 bits per heavy atom. The van der Waals surface area contributed by atoms with Crippen LogP contribution in [0, 0.1) is 0 Å². The molecule has 126 valence electrons. The number of benzene rings is 2. The zero-order valence-electron chi connectivity index (χ0n) is 12.1. The van der Waals surface area contributed by atoms with Gasteiger partial charge in [0.2, 0.25) is 0 Å². The van der Waals surface area contributed by atoms with Gasteiger partial charge in [0, 0.05) is 10.2 Å². The molecular weight excluding hydrogens is 391 g/mol. The van der Waals surface area contributed by atoms with Crippen molar-refractivity contribution in [3.8, 4) is 0 Å². The van der Waals surface area contributed by atoms with Crippen LogP contribution in [0.25, 0.3) is 0 Å². The molecule has 0 atom stereocenters. The maximum atomic E-state index is 12.4. The molecule has 0 fully saturated rings. The lowest BCUT2D eigenvalue weighted by molar-refractivity contribution is -0.137. The van der Waals surface area contributed by atoms with Gasteiger partial charge >= 0.3 is 12.1 Å². The number of halogens is 4. The highest BCUT2D eigenvalue weighted by Crippen LogP contribution is 2.29. The Bertz CT molecular complexity index is 745. The predicted molar refractivity (Wildman–Crippen MR) is 84.5 cm³/mol. The van der Waals surface area contributed by atoms with Gasteiger partial charge in [-0.2, -0.15) is 13.2 Å². The molecule has 2 aromatic carbocycles. The second-order valence-electron chi connectivity index (χ2n) is 4.71. The number of ether oxygens (including phenoxy) is 1. The fourth-order valence-corrected chi connectivity index (χ4v) is 2.17. The van der Waals surface area contributed by atoms with Crippen LogP contribution in [0.5, 0.6) is 0 Å². The summed E-state index contributed by atoms with van der Waals surface area (Å²) < 4.78 is 42.8. The third-order valence-corrected chi connectivity index (χ3v) is 3.38. The molecule has 4 nitrogen and oxygen atoms in total. The molecule has 0 aliphatic carbocycles. The Morgan fingerprint density at radius 1 is 1.08 bits per heavy atom. The average Bonchev–Trinajstić information content (AvgIpc) is 2.52. The summed E-state index contributed by atoms with van der Waals surface area (Å²) in [6, 6.07) is 10.4. The first-order valence-electron chi connectivity index (χ1n) is 6.65. The Kier molecular flexibility index (Phi) is 5.61. The number of carbonyl (C=O) groups excluding carboxylic acids is 2. The largest absolute Gasteiger partial charge is 0.452 e. The van der Waals surface area contributed by atoms with Crippen LogP contribution in [0.4, 0.5) is 18.9 Å². The first-order valence-corrected chi connectivity index (χ1v) is 7.45. The predicted octanol–water partition coefficient (Wildman–Crippen LogP) is 4.26. The minimum Gasteiger partial charge on any atom is -0.452 e. The van der Waals surface area contributed by atoms with Gasteiger partial charge in [-0.1, -0.05) is 22.0 Å². The summed E-state index contributed by atoms with van der Waals surface area (Å²) in [6.45, 7) is -0.549. The van der Waals surface area contributed by atoms with Crippen LogP contribution < -0.4 is 5.32 Å². The fourth-order valence-electron chi connectivity index (χ4n) is 1.77. The van der Waals surface area contributed by atoms with Crippen molar-refractivity contribution >= 4 is 33.5 Å². The molecule has 1 amide bonds. The maximum Gasteiger partial charge on any atom is 0.416 e. The molecule has 24 heavy (non-hydrogen) atoms. The molecule has 0 saturated carbocycles. The average molecular weight is 402 g/mol. The molecule has 0 radical (unpaired) electrons. The van der Waals surface area contributed by atoms with Gasteiger partial charge in [-0.3, -0.25) is 4.79 Å². The number of anilines is 1. The van der Waals surface area contributed by atoms with Gasteiger partial charge in [0.15, 0.2) is 6.61 Å². The maximum absolute atomic E-state index is 12.4. The van der Waals surface area contributed by atoms with Crippen LogP contribution in [-0.4, -0.2) is 18.5 Å². The number of nitrogens with one attached hydrogen (secondary N) is 1. The third-order valence-electron chi connectivity index (χ3n) is 2.89. The van der Waals surface area contributed by atoms with Crippen molar-refractivity contribution in [3.63, 3.8) is 0 Å². The number of rotatable bonds is 4. The van der Waals surface area contributed by atoms with E-state index in [0.29, 0.717) is 4.47 Å². The number of alkyl halides is 3. The molecule has 0 unspecified atom stereocenters. The van der Waals surface area contributed by atoms with Crippen LogP contribution in [-0.2, 0) is 15.7 Å². The minimum absolute atomic E-state index is 0.173. The van der Waals surface area contributed by atoms with Crippen molar-refractivity contribution in [1.82, 2.24) is 0 Å². The molecule has 0 aliphatic rings. The van der Waals surface area contributed by atoms with Crippen molar-refractivity contribution in [2.75, 3.05) is 11.9 Å². The Hall–Kier alpha value is -2.35. The summed E-state index contributed by atoms with van der Waals surface area (Å²) in [5, 5.41) is 2.35. The lowest BCUT2D eigenvalue weighted by Gasteiger charge is -2.09. The number of amides is 1. The Balaban J connectivity index is 1.88.